The fraction of sp³-hybridized carbons (Fsp3) is 0.125. The highest BCUT2D eigenvalue weighted by Gasteiger charge is 2.03. The van der Waals surface area contributed by atoms with Crippen LogP contribution >= 0.6 is 0 Å². The molecule has 0 bridgehead atoms. The van der Waals surface area contributed by atoms with E-state index in [-0.39, 0.29) is 11.8 Å². The zero-order valence-electron chi connectivity index (χ0n) is 12.8. The lowest BCUT2D eigenvalue weighted by Crippen LogP contribution is -2.17. The summed E-state index contributed by atoms with van der Waals surface area (Å²) in [5.74, 6) is 0.201. The van der Waals surface area contributed by atoms with Crippen molar-refractivity contribution in [3.63, 3.8) is 0 Å². The van der Waals surface area contributed by atoms with Crippen LogP contribution in [0, 0.1) is 0 Å². The number of nitrogens with one attached hydrogen (secondary N) is 3. The van der Waals surface area contributed by atoms with Crippen molar-refractivity contribution in [2.75, 3.05) is 19.5 Å². The Bertz CT molecular complexity index is 708. The predicted molar refractivity (Wildman–Crippen MR) is 88.7 cm³/mol. The molecule has 0 unspecified atom stereocenters. The molecule has 0 saturated heterocycles. The Morgan fingerprint density at radius 3 is 2.13 bits per heavy atom. The molecule has 2 rings (SSSR count). The molecule has 3 N–H and O–H groups in total. The van der Waals surface area contributed by atoms with Gasteiger partial charge in [0.05, 0.1) is 11.8 Å². The second-order valence-corrected chi connectivity index (χ2v) is 4.58. The van der Waals surface area contributed by atoms with E-state index in [1.165, 1.54) is 6.20 Å². The number of nitrogens with zero attached hydrogens (tertiary/aromatic N) is 2. The highest BCUT2D eigenvalue weighted by molar-refractivity contribution is 5.95. The van der Waals surface area contributed by atoms with Crippen LogP contribution in [0.5, 0.6) is 0 Å². The Hall–Kier alpha value is -3.22. The van der Waals surface area contributed by atoms with Gasteiger partial charge in [-0.3, -0.25) is 15.0 Å². The average molecular weight is 311 g/mol. The fourth-order valence-corrected chi connectivity index (χ4v) is 1.78. The molecule has 0 aliphatic rings. The van der Waals surface area contributed by atoms with Gasteiger partial charge in [0.15, 0.2) is 0 Å². The van der Waals surface area contributed by atoms with Gasteiger partial charge in [0.1, 0.15) is 5.82 Å². The number of rotatable bonds is 5. The van der Waals surface area contributed by atoms with Crippen molar-refractivity contribution in [3.8, 4) is 0 Å². The minimum absolute atomic E-state index is 0.132. The van der Waals surface area contributed by atoms with E-state index in [9.17, 15) is 9.59 Å². The van der Waals surface area contributed by atoms with Crippen LogP contribution < -0.4 is 16.1 Å². The molecule has 0 atom stereocenters. The second-order valence-electron chi connectivity index (χ2n) is 4.58. The van der Waals surface area contributed by atoms with Crippen LogP contribution in [0.4, 0.5) is 5.82 Å². The summed E-state index contributed by atoms with van der Waals surface area (Å²) in [6.07, 6.45) is 3.08. The van der Waals surface area contributed by atoms with Crippen molar-refractivity contribution in [3.05, 3.63) is 59.3 Å². The van der Waals surface area contributed by atoms with E-state index in [0.29, 0.717) is 16.9 Å². The second kappa shape index (κ2) is 7.69. The normalized spacial score (nSPS) is 10.3. The van der Waals surface area contributed by atoms with E-state index < -0.39 is 0 Å². The predicted octanol–water partition coefficient (Wildman–Crippen LogP) is 1.25. The van der Waals surface area contributed by atoms with Gasteiger partial charge in [0.25, 0.3) is 11.8 Å². The van der Waals surface area contributed by atoms with Gasteiger partial charge < -0.3 is 10.6 Å². The zero-order valence-corrected chi connectivity index (χ0v) is 12.8. The molecule has 7 heteroatoms. The first-order chi connectivity index (χ1) is 11.1. The first-order valence-corrected chi connectivity index (χ1v) is 6.93. The highest BCUT2D eigenvalue weighted by atomic mass is 16.2. The van der Waals surface area contributed by atoms with Gasteiger partial charge in [-0.15, -0.1) is 0 Å². The number of anilines is 1. The van der Waals surface area contributed by atoms with E-state index in [1.54, 1.807) is 56.7 Å². The molecule has 1 aromatic heterocycles. The topological polar surface area (TPSA) is 95.5 Å². The maximum Gasteiger partial charge on any atom is 0.252 e. The van der Waals surface area contributed by atoms with Gasteiger partial charge in [0.2, 0.25) is 0 Å². The van der Waals surface area contributed by atoms with Crippen LogP contribution in [0.1, 0.15) is 26.3 Å². The van der Waals surface area contributed by atoms with Gasteiger partial charge in [-0.25, -0.2) is 4.98 Å². The molecule has 0 saturated carbocycles. The smallest absolute Gasteiger partial charge is 0.252 e. The lowest BCUT2D eigenvalue weighted by molar-refractivity contribution is 0.0955. The molecule has 2 amide bonds. The van der Waals surface area contributed by atoms with E-state index >= 15 is 0 Å². The Balaban J connectivity index is 1.96. The third-order valence-electron chi connectivity index (χ3n) is 3.05. The van der Waals surface area contributed by atoms with Crippen molar-refractivity contribution >= 4 is 23.8 Å². The van der Waals surface area contributed by atoms with Gasteiger partial charge in [-0.1, -0.05) is 12.1 Å². The van der Waals surface area contributed by atoms with Crippen LogP contribution in [0.3, 0.4) is 0 Å². The molecule has 2 aromatic rings. The first kappa shape index (κ1) is 16.2. The standard InChI is InChI=1S/C16H17N5O2/c1-17-15(22)12-5-3-11(4-6-12)9-20-21-14-8-7-13(10-19-14)16(23)18-2/h3-10H,1-2H3,(H,17,22)(H,18,23)(H,19,21)/b20-9+. The number of benzene rings is 1. The van der Waals surface area contributed by atoms with Crippen molar-refractivity contribution in [1.82, 2.24) is 15.6 Å². The third kappa shape index (κ3) is 4.37. The van der Waals surface area contributed by atoms with E-state index in [2.05, 4.69) is 26.1 Å². The van der Waals surface area contributed by atoms with E-state index in [1.807, 2.05) is 0 Å². The van der Waals surface area contributed by atoms with E-state index in [0.717, 1.165) is 5.56 Å². The first-order valence-electron chi connectivity index (χ1n) is 6.93. The Morgan fingerprint density at radius 1 is 0.957 bits per heavy atom. The summed E-state index contributed by atoms with van der Waals surface area (Å²) >= 11 is 0. The highest BCUT2D eigenvalue weighted by Crippen LogP contribution is 2.06. The summed E-state index contributed by atoms with van der Waals surface area (Å²) < 4.78 is 0. The van der Waals surface area contributed by atoms with Gasteiger partial charge >= 0.3 is 0 Å². The largest absolute Gasteiger partial charge is 0.355 e. The number of carbonyl (C=O) groups is 2. The van der Waals surface area contributed by atoms with Gasteiger partial charge in [-0.05, 0) is 29.8 Å². The Morgan fingerprint density at radius 2 is 1.57 bits per heavy atom. The summed E-state index contributed by atoms with van der Waals surface area (Å²) in [6.45, 7) is 0. The monoisotopic (exact) mass is 311 g/mol. The lowest BCUT2D eigenvalue weighted by atomic mass is 10.1. The molecule has 23 heavy (non-hydrogen) atoms. The molecular weight excluding hydrogens is 294 g/mol. The third-order valence-corrected chi connectivity index (χ3v) is 3.05. The van der Waals surface area contributed by atoms with Crippen molar-refractivity contribution in [2.24, 2.45) is 5.10 Å². The van der Waals surface area contributed by atoms with Crippen molar-refractivity contribution in [2.45, 2.75) is 0 Å². The Labute approximate surface area is 133 Å². The van der Waals surface area contributed by atoms with Crippen molar-refractivity contribution < 1.29 is 9.59 Å². The molecule has 0 fully saturated rings. The fourth-order valence-electron chi connectivity index (χ4n) is 1.78. The van der Waals surface area contributed by atoms with Gasteiger partial charge in [0, 0.05) is 25.9 Å². The van der Waals surface area contributed by atoms with Gasteiger partial charge in [-0.2, -0.15) is 5.10 Å². The number of amides is 2. The number of carbonyl (C=O) groups excluding carboxylic acids is 2. The van der Waals surface area contributed by atoms with E-state index in [4.69, 9.17) is 0 Å². The maximum absolute atomic E-state index is 11.4. The number of pyridine rings is 1. The summed E-state index contributed by atoms with van der Waals surface area (Å²) in [6, 6.07) is 10.3. The number of hydrogen-bond acceptors (Lipinski definition) is 5. The van der Waals surface area contributed by atoms with Crippen molar-refractivity contribution in [1.29, 1.82) is 0 Å². The summed E-state index contributed by atoms with van der Waals surface area (Å²) in [7, 11) is 3.15. The molecular formula is C16H17N5O2. The number of hydrogen-bond donors (Lipinski definition) is 3. The quantitative estimate of drug-likeness (QED) is 0.572. The minimum Gasteiger partial charge on any atom is -0.355 e. The van der Waals surface area contributed by atoms with Crippen LogP contribution in [0.25, 0.3) is 0 Å². The SMILES string of the molecule is CNC(=O)c1ccc(/C=N/Nc2ccc(C(=O)NC)cn2)cc1. The summed E-state index contributed by atoms with van der Waals surface area (Å²) in [5, 5.41) is 9.15. The molecule has 118 valence electrons. The Kier molecular flexibility index (Phi) is 5.40. The molecule has 1 heterocycles. The number of aromatic nitrogens is 1. The van der Waals surface area contributed by atoms with Crippen LogP contribution in [-0.4, -0.2) is 37.1 Å². The average Bonchev–Trinajstić information content (AvgIpc) is 2.61. The zero-order chi connectivity index (χ0) is 16.7. The minimum atomic E-state index is -0.191. The maximum atomic E-state index is 11.4. The molecule has 7 nitrogen and oxygen atoms in total. The summed E-state index contributed by atoms with van der Waals surface area (Å²) in [4.78, 5) is 26.9. The van der Waals surface area contributed by atoms with Crippen LogP contribution in [0.15, 0.2) is 47.7 Å². The van der Waals surface area contributed by atoms with Crippen LogP contribution in [-0.2, 0) is 0 Å². The molecule has 1 aromatic carbocycles. The molecule has 0 spiro atoms. The van der Waals surface area contributed by atoms with Crippen LogP contribution in [0.2, 0.25) is 0 Å². The summed E-state index contributed by atoms with van der Waals surface area (Å²) in [5.41, 5.74) is 4.68. The molecule has 0 aliphatic heterocycles. The molecule has 0 aliphatic carbocycles. The number of hydrazone groups is 1. The molecule has 0 radical (unpaired) electrons. The lowest BCUT2D eigenvalue weighted by Gasteiger charge is -2.02.